The fourth-order valence-corrected chi connectivity index (χ4v) is 3.81. The van der Waals surface area contributed by atoms with Gasteiger partial charge in [0.1, 0.15) is 5.82 Å². The second kappa shape index (κ2) is 7.62. The van der Waals surface area contributed by atoms with Crippen LogP contribution in [0.4, 0.5) is 5.82 Å². The first-order chi connectivity index (χ1) is 14.3. The van der Waals surface area contributed by atoms with Crippen molar-refractivity contribution in [3.63, 3.8) is 0 Å². The zero-order valence-corrected chi connectivity index (χ0v) is 16.0. The Kier molecular flexibility index (Phi) is 4.67. The van der Waals surface area contributed by atoms with Gasteiger partial charge in [-0.2, -0.15) is 4.40 Å². The van der Waals surface area contributed by atoms with Crippen LogP contribution in [0.15, 0.2) is 60.9 Å². The summed E-state index contributed by atoms with van der Waals surface area (Å²) in [5.74, 6) is 0.823. The highest BCUT2D eigenvalue weighted by Crippen LogP contribution is 2.21. The number of benzene rings is 1. The number of nitrogens with zero attached hydrogens (tertiary/aromatic N) is 3. The van der Waals surface area contributed by atoms with Gasteiger partial charge < -0.3 is 4.74 Å². The Morgan fingerprint density at radius 1 is 1.14 bits per heavy atom. The maximum atomic E-state index is 13.1. The van der Waals surface area contributed by atoms with Crippen LogP contribution in [0.3, 0.4) is 0 Å². The molecule has 0 aliphatic carbocycles. The molecule has 7 nitrogen and oxygen atoms in total. The van der Waals surface area contributed by atoms with Crippen LogP contribution in [0.5, 0.6) is 0 Å². The van der Waals surface area contributed by atoms with Crippen LogP contribution in [-0.2, 0) is 11.3 Å². The van der Waals surface area contributed by atoms with Crippen molar-refractivity contribution in [1.29, 1.82) is 0 Å². The second-order valence-electron chi connectivity index (χ2n) is 7.13. The van der Waals surface area contributed by atoms with Gasteiger partial charge in [-0.3, -0.25) is 15.0 Å². The minimum absolute atomic E-state index is 0.219. The van der Waals surface area contributed by atoms with Crippen molar-refractivity contribution in [2.24, 2.45) is 0 Å². The van der Waals surface area contributed by atoms with E-state index in [0.29, 0.717) is 11.6 Å². The van der Waals surface area contributed by atoms with Gasteiger partial charge in [0.2, 0.25) is 0 Å². The van der Waals surface area contributed by atoms with E-state index in [1.54, 1.807) is 6.20 Å². The number of hydrogen-bond acceptors (Lipinski definition) is 4. The number of aromatic nitrogens is 3. The van der Waals surface area contributed by atoms with Crippen LogP contribution in [-0.4, -0.2) is 47.1 Å². The molecule has 1 fully saturated rings. The number of ether oxygens (including phenoxy) is 1. The van der Waals surface area contributed by atoms with Crippen LogP contribution in [0, 0.1) is 0 Å². The molecule has 1 aromatic carbocycles. The highest BCUT2D eigenvalue weighted by atomic mass is 16.5. The monoisotopic (exact) mass is 388 g/mol. The Hall–Kier alpha value is -3.29. The van der Waals surface area contributed by atoms with Crippen LogP contribution in [0.1, 0.15) is 16.3 Å². The summed E-state index contributed by atoms with van der Waals surface area (Å²) in [4.78, 5) is 23.2. The number of morpholine rings is 1. The summed E-state index contributed by atoms with van der Waals surface area (Å²) >= 11 is 0. The zero-order valence-electron chi connectivity index (χ0n) is 16.0. The molecule has 4 heterocycles. The lowest BCUT2D eigenvalue weighted by molar-refractivity contribution is -0.514. The number of amides is 1. The summed E-state index contributed by atoms with van der Waals surface area (Å²) in [7, 11) is 0. The number of aromatic amines is 1. The van der Waals surface area contributed by atoms with Crippen molar-refractivity contribution in [2.75, 3.05) is 31.6 Å². The molecule has 3 aromatic heterocycles. The molecule has 0 saturated carbocycles. The molecule has 0 atom stereocenters. The molecule has 1 saturated heterocycles. The van der Waals surface area contributed by atoms with Gasteiger partial charge in [0.25, 0.3) is 0 Å². The van der Waals surface area contributed by atoms with Crippen molar-refractivity contribution in [2.45, 2.75) is 6.54 Å². The van der Waals surface area contributed by atoms with Crippen LogP contribution < -0.4 is 9.72 Å². The van der Waals surface area contributed by atoms with Gasteiger partial charge in [-0.05, 0) is 23.6 Å². The molecule has 0 bridgehead atoms. The maximum Gasteiger partial charge on any atom is 0.351 e. The molecule has 0 radical (unpaired) electrons. The predicted molar refractivity (Wildman–Crippen MR) is 110 cm³/mol. The molecule has 2 N–H and O–H groups in total. The van der Waals surface area contributed by atoms with E-state index in [1.807, 2.05) is 59.1 Å². The molecule has 1 aliphatic heterocycles. The standard InChI is InChI=1S/C22H21N5O2/c28-22(25-20-17-6-2-1-5-16(17)8-9-23-20)21-24-18(15-26-11-13-29-14-12-26)19-7-3-4-10-27(19)21/h1-10H,11-15H2,(H,23,25,28)/p+1. The fraction of sp³-hybridized carbons (Fsp3) is 0.227. The third kappa shape index (κ3) is 3.46. The Morgan fingerprint density at radius 3 is 2.86 bits per heavy atom. The van der Waals surface area contributed by atoms with E-state index in [-0.39, 0.29) is 5.91 Å². The van der Waals surface area contributed by atoms with Gasteiger partial charge in [0.15, 0.2) is 11.2 Å². The molecular formula is C22H22N5O2+. The number of nitrogens with one attached hydrogen (secondary N) is 2. The number of pyridine rings is 2. The molecule has 5 rings (SSSR count). The maximum absolute atomic E-state index is 13.1. The topological polar surface area (TPSA) is 74.3 Å². The lowest BCUT2D eigenvalue weighted by Crippen LogP contribution is -2.35. The average molecular weight is 388 g/mol. The summed E-state index contributed by atoms with van der Waals surface area (Å²) in [6.07, 6.45) is 3.61. The van der Waals surface area contributed by atoms with Gasteiger partial charge in [0, 0.05) is 24.7 Å². The van der Waals surface area contributed by atoms with Gasteiger partial charge in [-0.15, -0.1) is 0 Å². The molecule has 1 aliphatic rings. The smallest absolute Gasteiger partial charge is 0.351 e. The van der Waals surface area contributed by atoms with E-state index in [1.165, 1.54) is 0 Å². The van der Waals surface area contributed by atoms with Crippen molar-refractivity contribution in [3.8, 4) is 0 Å². The molecule has 29 heavy (non-hydrogen) atoms. The number of H-pyrrole nitrogens is 1. The summed E-state index contributed by atoms with van der Waals surface area (Å²) in [6.45, 7) is 4.01. The second-order valence-corrected chi connectivity index (χ2v) is 7.13. The Balaban J connectivity index is 1.48. The molecular weight excluding hydrogens is 366 g/mol. The van der Waals surface area contributed by atoms with Gasteiger partial charge in [0.05, 0.1) is 26.0 Å². The molecule has 146 valence electrons. The number of rotatable bonds is 4. The van der Waals surface area contributed by atoms with E-state index in [2.05, 4.69) is 20.2 Å². The molecule has 0 unspecified atom stereocenters. The number of carbonyl (C=O) groups is 1. The van der Waals surface area contributed by atoms with E-state index >= 15 is 0 Å². The number of fused-ring (bicyclic) bond motifs is 2. The van der Waals surface area contributed by atoms with E-state index in [4.69, 9.17) is 4.74 Å². The first-order valence-corrected chi connectivity index (χ1v) is 9.76. The Labute approximate surface area is 167 Å². The van der Waals surface area contributed by atoms with Gasteiger partial charge in [-0.1, -0.05) is 30.3 Å². The third-order valence-corrected chi connectivity index (χ3v) is 5.29. The Morgan fingerprint density at radius 2 is 1.97 bits per heavy atom. The van der Waals surface area contributed by atoms with Crippen molar-refractivity contribution in [1.82, 2.24) is 14.9 Å². The normalized spacial score (nSPS) is 15.0. The van der Waals surface area contributed by atoms with E-state index in [9.17, 15) is 4.79 Å². The van der Waals surface area contributed by atoms with E-state index < -0.39 is 0 Å². The first-order valence-electron chi connectivity index (χ1n) is 9.76. The Bertz CT molecular complexity index is 1170. The van der Waals surface area contributed by atoms with Crippen LogP contribution in [0.25, 0.3) is 16.3 Å². The first kappa shape index (κ1) is 17.8. The van der Waals surface area contributed by atoms with Crippen LogP contribution in [0.2, 0.25) is 0 Å². The highest BCUT2D eigenvalue weighted by molar-refractivity contribution is 6.05. The van der Waals surface area contributed by atoms with Crippen molar-refractivity contribution < 1.29 is 13.9 Å². The summed E-state index contributed by atoms with van der Waals surface area (Å²) in [6, 6.07) is 15.8. The lowest BCUT2D eigenvalue weighted by Gasteiger charge is -2.25. The average Bonchev–Trinajstić information content (AvgIpc) is 3.13. The van der Waals surface area contributed by atoms with Gasteiger partial charge >= 0.3 is 11.7 Å². The molecule has 0 spiro atoms. The fourth-order valence-electron chi connectivity index (χ4n) is 3.81. The quantitative estimate of drug-likeness (QED) is 0.527. The largest absolute Gasteiger partial charge is 0.379 e. The zero-order chi connectivity index (χ0) is 19.6. The van der Waals surface area contributed by atoms with Crippen LogP contribution >= 0.6 is 0 Å². The third-order valence-electron chi connectivity index (χ3n) is 5.29. The summed E-state index contributed by atoms with van der Waals surface area (Å²) in [5, 5.41) is 4.93. The minimum atomic E-state index is -0.219. The molecule has 7 heteroatoms. The van der Waals surface area contributed by atoms with Gasteiger partial charge in [-0.25, -0.2) is 9.97 Å². The predicted octanol–water partition coefficient (Wildman–Crippen LogP) is 2.39. The lowest BCUT2D eigenvalue weighted by atomic mass is 10.1. The number of hydrogen-bond donors (Lipinski definition) is 2. The highest BCUT2D eigenvalue weighted by Gasteiger charge is 2.26. The van der Waals surface area contributed by atoms with Crippen molar-refractivity contribution >= 4 is 28.0 Å². The summed E-state index contributed by atoms with van der Waals surface area (Å²) in [5.41, 5.74) is 2.01. The van der Waals surface area contributed by atoms with E-state index in [0.717, 1.165) is 54.8 Å². The molecule has 4 aromatic rings. The molecule has 1 amide bonds. The SMILES string of the molecule is O=C(Nc1nccc2ccccc12)c1[nH]c(CN2CCOCC2)c2cccc[n+]12. The van der Waals surface area contributed by atoms with Crippen molar-refractivity contribution in [3.05, 3.63) is 72.4 Å². The number of carbonyl (C=O) groups excluding carboxylic acids is 1. The number of anilines is 1. The summed E-state index contributed by atoms with van der Waals surface area (Å²) < 4.78 is 7.34. The number of imidazole rings is 1. The minimum Gasteiger partial charge on any atom is -0.379 e.